The Balaban J connectivity index is 2.00. The summed E-state index contributed by atoms with van der Waals surface area (Å²) < 4.78 is 5.94. The molecule has 2 atom stereocenters. The third kappa shape index (κ3) is 3.03. The van der Waals surface area contributed by atoms with Crippen molar-refractivity contribution in [1.29, 1.82) is 0 Å². The molecule has 1 fully saturated rings. The molecule has 1 saturated carbocycles. The molecule has 0 radical (unpaired) electrons. The molecule has 16 heavy (non-hydrogen) atoms. The van der Waals surface area contributed by atoms with E-state index >= 15 is 0 Å². The van der Waals surface area contributed by atoms with Crippen LogP contribution in [0.2, 0.25) is 0 Å². The molecule has 0 spiro atoms. The lowest BCUT2D eigenvalue weighted by Gasteiger charge is -2.23. The third-order valence-electron chi connectivity index (χ3n) is 3.08. The van der Waals surface area contributed by atoms with Gasteiger partial charge in [0.25, 0.3) is 0 Å². The van der Waals surface area contributed by atoms with Crippen LogP contribution in [-0.4, -0.2) is 17.6 Å². The molecule has 2 N–H and O–H groups in total. The van der Waals surface area contributed by atoms with Crippen molar-refractivity contribution < 1.29 is 4.74 Å². The molecule has 2 rings (SSSR count). The van der Waals surface area contributed by atoms with Crippen LogP contribution in [0.25, 0.3) is 0 Å². The largest absolute Gasteiger partial charge is 0.372 e. The number of nitrogens with two attached hydrogens (primary N) is 1. The highest BCUT2D eigenvalue weighted by Crippen LogP contribution is 2.31. The monoisotopic (exact) mass is 220 g/mol. The Kier molecular flexibility index (Phi) is 3.91. The summed E-state index contributed by atoms with van der Waals surface area (Å²) in [5.41, 5.74) is 7.20. The van der Waals surface area contributed by atoms with Gasteiger partial charge in [-0.15, -0.1) is 0 Å². The van der Waals surface area contributed by atoms with E-state index in [-0.39, 0.29) is 12.1 Å². The zero-order valence-electron chi connectivity index (χ0n) is 9.80. The fraction of sp³-hybridized carbons (Fsp3) is 0.615. The van der Waals surface area contributed by atoms with Gasteiger partial charge in [0.1, 0.15) is 0 Å². The van der Waals surface area contributed by atoms with E-state index in [1.807, 2.05) is 18.3 Å². The number of ether oxygens (including phenoxy) is 1. The van der Waals surface area contributed by atoms with Gasteiger partial charge >= 0.3 is 0 Å². The van der Waals surface area contributed by atoms with Crippen molar-refractivity contribution in [1.82, 2.24) is 4.98 Å². The van der Waals surface area contributed by atoms with E-state index in [1.54, 1.807) is 6.20 Å². The van der Waals surface area contributed by atoms with Crippen LogP contribution < -0.4 is 5.73 Å². The van der Waals surface area contributed by atoms with E-state index < -0.39 is 0 Å². The quantitative estimate of drug-likeness (QED) is 0.800. The molecule has 0 bridgehead atoms. The van der Waals surface area contributed by atoms with Crippen molar-refractivity contribution in [3.05, 3.63) is 30.1 Å². The molecule has 1 heterocycles. The standard InChI is InChI=1S/C13H20N2O/c1-2-12(14)13(16-9-10-5-6-10)11-4-3-7-15-8-11/h3-4,7-8,10,12-13H,2,5-6,9,14H2,1H3. The molecule has 0 saturated heterocycles. The number of hydrogen-bond acceptors (Lipinski definition) is 3. The summed E-state index contributed by atoms with van der Waals surface area (Å²) in [6, 6.07) is 4.04. The van der Waals surface area contributed by atoms with Crippen molar-refractivity contribution in [3.8, 4) is 0 Å². The molecule has 3 nitrogen and oxygen atoms in total. The number of aromatic nitrogens is 1. The lowest BCUT2D eigenvalue weighted by Crippen LogP contribution is -2.30. The van der Waals surface area contributed by atoms with Gasteiger partial charge in [-0.3, -0.25) is 4.98 Å². The third-order valence-corrected chi connectivity index (χ3v) is 3.08. The van der Waals surface area contributed by atoms with Crippen LogP contribution in [0.1, 0.15) is 37.9 Å². The summed E-state index contributed by atoms with van der Waals surface area (Å²) in [6.45, 7) is 2.93. The molecular formula is C13H20N2O. The first-order valence-corrected chi connectivity index (χ1v) is 6.08. The average molecular weight is 220 g/mol. The maximum Gasteiger partial charge on any atom is 0.0990 e. The van der Waals surface area contributed by atoms with E-state index in [0.717, 1.165) is 24.5 Å². The van der Waals surface area contributed by atoms with Crippen molar-refractivity contribution in [2.24, 2.45) is 11.7 Å². The van der Waals surface area contributed by atoms with Gasteiger partial charge in [0.15, 0.2) is 0 Å². The molecule has 1 aromatic rings. The summed E-state index contributed by atoms with van der Waals surface area (Å²) in [5, 5.41) is 0. The van der Waals surface area contributed by atoms with Crippen LogP contribution in [0.4, 0.5) is 0 Å². The summed E-state index contributed by atoms with van der Waals surface area (Å²) in [7, 11) is 0. The lowest BCUT2D eigenvalue weighted by atomic mass is 10.0. The Labute approximate surface area is 97.0 Å². The van der Waals surface area contributed by atoms with Crippen molar-refractivity contribution in [2.75, 3.05) is 6.61 Å². The van der Waals surface area contributed by atoms with Gasteiger partial charge < -0.3 is 10.5 Å². The van der Waals surface area contributed by atoms with Crippen molar-refractivity contribution in [2.45, 2.75) is 38.3 Å². The summed E-state index contributed by atoms with van der Waals surface area (Å²) >= 11 is 0. The molecule has 0 aliphatic heterocycles. The second kappa shape index (κ2) is 5.41. The Morgan fingerprint density at radius 3 is 2.94 bits per heavy atom. The van der Waals surface area contributed by atoms with E-state index in [2.05, 4.69) is 11.9 Å². The first kappa shape index (κ1) is 11.6. The Morgan fingerprint density at radius 1 is 1.56 bits per heavy atom. The van der Waals surface area contributed by atoms with Crippen LogP contribution in [0.3, 0.4) is 0 Å². The normalized spacial score (nSPS) is 19.4. The van der Waals surface area contributed by atoms with Crippen LogP contribution in [0.15, 0.2) is 24.5 Å². The Bertz CT molecular complexity index is 311. The predicted octanol–water partition coefficient (Wildman–Crippen LogP) is 2.29. The predicted molar refractivity (Wildman–Crippen MR) is 63.9 cm³/mol. The zero-order valence-corrected chi connectivity index (χ0v) is 9.80. The molecule has 1 aromatic heterocycles. The lowest BCUT2D eigenvalue weighted by molar-refractivity contribution is 0.0266. The molecule has 0 amide bonds. The highest BCUT2D eigenvalue weighted by molar-refractivity contribution is 5.14. The van der Waals surface area contributed by atoms with Gasteiger partial charge in [-0.1, -0.05) is 13.0 Å². The van der Waals surface area contributed by atoms with Gasteiger partial charge in [-0.25, -0.2) is 0 Å². The summed E-state index contributed by atoms with van der Waals surface area (Å²) in [6.07, 6.45) is 7.16. The molecule has 0 aromatic carbocycles. The van der Waals surface area contributed by atoms with Gasteiger partial charge in [-0.2, -0.15) is 0 Å². The Morgan fingerprint density at radius 2 is 2.38 bits per heavy atom. The van der Waals surface area contributed by atoms with Crippen LogP contribution in [-0.2, 0) is 4.74 Å². The average Bonchev–Trinajstić information content (AvgIpc) is 3.14. The minimum Gasteiger partial charge on any atom is -0.372 e. The zero-order chi connectivity index (χ0) is 11.4. The van der Waals surface area contributed by atoms with Gasteiger partial charge in [0.05, 0.1) is 12.7 Å². The van der Waals surface area contributed by atoms with Crippen LogP contribution in [0.5, 0.6) is 0 Å². The summed E-state index contributed by atoms with van der Waals surface area (Å²) in [4.78, 5) is 4.13. The molecular weight excluding hydrogens is 200 g/mol. The Hall–Kier alpha value is -0.930. The minimum absolute atomic E-state index is 0.000648. The van der Waals surface area contributed by atoms with Crippen LogP contribution >= 0.6 is 0 Å². The fourth-order valence-electron chi connectivity index (χ4n) is 1.75. The van der Waals surface area contributed by atoms with Crippen LogP contribution in [0, 0.1) is 5.92 Å². The minimum atomic E-state index is -0.000648. The number of rotatable bonds is 6. The highest BCUT2D eigenvalue weighted by atomic mass is 16.5. The van der Waals surface area contributed by atoms with E-state index in [1.165, 1.54) is 12.8 Å². The van der Waals surface area contributed by atoms with E-state index in [0.29, 0.717) is 0 Å². The van der Waals surface area contributed by atoms with E-state index in [9.17, 15) is 0 Å². The maximum atomic E-state index is 6.10. The second-order valence-electron chi connectivity index (χ2n) is 4.56. The molecule has 1 aliphatic carbocycles. The number of nitrogens with zero attached hydrogens (tertiary/aromatic N) is 1. The SMILES string of the molecule is CCC(N)C(OCC1CC1)c1cccnc1. The van der Waals surface area contributed by atoms with Gasteiger partial charge in [-0.05, 0) is 31.2 Å². The van der Waals surface area contributed by atoms with Gasteiger partial charge in [0.2, 0.25) is 0 Å². The smallest absolute Gasteiger partial charge is 0.0990 e. The molecule has 1 aliphatic rings. The summed E-state index contributed by atoms with van der Waals surface area (Å²) in [5.74, 6) is 0.767. The highest BCUT2D eigenvalue weighted by Gasteiger charge is 2.26. The number of hydrogen-bond donors (Lipinski definition) is 1. The van der Waals surface area contributed by atoms with Crippen molar-refractivity contribution in [3.63, 3.8) is 0 Å². The fourth-order valence-corrected chi connectivity index (χ4v) is 1.75. The topological polar surface area (TPSA) is 48.1 Å². The second-order valence-corrected chi connectivity index (χ2v) is 4.56. The molecule has 2 unspecified atom stereocenters. The van der Waals surface area contributed by atoms with Crippen molar-refractivity contribution >= 4 is 0 Å². The number of pyridine rings is 1. The first-order valence-electron chi connectivity index (χ1n) is 6.08. The van der Waals surface area contributed by atoms with E-state index in [4.69, 9.17) is 10.5 Å². The van der Waals surface area contributed by atoms with Gasteiger partial charge in [0, 0.05) is 24.0 Å². The molecule has 3 heteroatoms. The first-order chi connectivity index (χ1) is 7.81. The molecule has 88 valence electrons. The maximum absolute atomic E-state index is 6.10.